The summed E-state index contributed by atoms with van der Waals surface area (Å²) in [7, 11) is 4.24. The molecule has 5 rings (SSSR count). The maximum atomic E-state index is 6.44. The van der Waals surface area contributed by atoms with Gasteiger partial charge in [-0.2, -0.15) is 4.98 Å². The van der Waals surface area contributed by atoms with Crippen molar-refractivity contribution in [1.82, 2.24) is 24.9 Å². The molecule has 0 radical (unpaired) electrons. The average molecular weight is 520 g/mol. The molecule has 2 aromatic carbocycles. The average Bonchev–Trinajstić information content (AvgIpc) is 3.24. The number of hydrogen-bond donors (Lipinski definition) is 1. The van der Waals surface area contributed by atoms with E-state index in [1.54, 1.807) is 0 Å². The van der Waals surface area contributed by atoms with Crippen molar-refractivity contribution < 1.29 is 4.52 Å². The molecule has 9 heteroatoms. The Morgan fingerprint density at radius 2 is 1.81 bits per heavy atom. The van der Waals surface area contributed by atoms with E-state index in [9.17, 15) is 0 Å². The standard InChI is InChI=1S/C28H34ClN7O/c1-19-26(20(2)37-33-19)21-9-10-25-23(17-21)27(30-18-22-7-5-6-8-24(22)29)32-28(31-25)36-15-13-35(14-16-36)12-11-34(3)4/h5-10,17H,11-16,18H2,1-4H3,(H,30,31,32). The predicted molar refractivity (Wildman–Crippen MR) is 150 cm³/mol. The molecule has 3 heterocycles. The van der Waals surface area contributed by atoms with E-state index in [-0.39, 0.29) is 0 Å². The van der Waals surface area contributed by atoms with Crippen LogP contribution >= 0.6 is 11.6 Å². The molecule has 1 saturated heterocycles. The quantitative estimate of drug-likeness (QED) is 0.354. The van der Waals surface area contributed by atoms with Crippen LogP contribution in [0.15, 0.2) is 47.0 Å². The van der Waals surface area contributed by atoms with E-state index in [2.05, 4.69) is 57.5 Å². The summed E-state index contributed by atoms with van der Waals surface area (Å²) in [4.78, 5) is 17.0. The number of rotatable bonds is 8. The van der Waals surface area contributed by atoms with Gasteiger partial charge >= 0.3 is 0 Å². The van der Waals surface area contributed by atoms with Gasteiger partial charge in [-0.3, -0.25) is 4.90 Å². The molecule has 1 aliphatic rings. The van der Waals surface area contributed by atoms with E-state index in [0.29, 0.717) is 6.54 Å². The summed E-state index contributed by atoms with van der Waals surface area (Å²) in [5, 5.41) is 9.38. The topological polar surface area (TPSA) is 73.6 Å². The van der Waals surface area contributed by atoms with E-state index in [4.69, 9.17) is 26.1 Å². The molecule has 8 nitrogen and oxygen atoms in total. The molecule has 1 N–H and O–H groups in total. The molecule has 0 saturated carbocycles. The summed E-state index contributed by atoms with van der Waals surface area (Å²) in [5.41, 5.74) is 4.84. The molecule has 0 atom stereocenters. The number of fused-ring (bicyclic) bond motifs is 1. The zero-order chi connectivity index (χ0) is 25.9. The Bertz CT molecular complexity index is 1360. The van der Waals surface area contributed by atoms with Gasteiger partial charge in [0.05, 0.1) is 11.2 Å². The number of anilines is 2. The van der Waals surface area contributed by atoms with Gasteiger partial charge in [0.25, 0.3) is 0 Å². The SMILES string of the molecule is Cc1noc(C)c1-c1ccc2nc(N3CCN(CCN(C)C)CC3)nc(NCc3ccccc3Cl)c2c1. The fourth-order valence-electron chi connectivity index (χ4n) is 4.78. The number of hydrogen-bond acceptors (Lipinski definition) is 8. The van der Waals surface area contributed by atoms with Gasteiger partial charge in [0.2, 0.25) is 5.95 Å². The molecule has 1 fully saturated rings. The Morgan fingerprint density at radius 1 is 1.03 bits per heavy atom. The van der Waals surface area contributed by atoms with Crippen LogP contribution < -0.4 is 10.2 Å². The van der Waals surface area contributed by atoms with Gasteiger partial charge in [0, 0.05) is 61.8 Å². The smallest absolute Gasteiger partial charge is 0.227 e. The van der Waals surface area contributed by atoms with E-state index in [1.807, 2.05) is 38.1 Å². The fraction of sp³-hybridized carbons (Fsp3) is 0.393. The van der Waals surface area contributed by atoms with Gasteiger partial charge in [0.15, 0.2) is 0 Å². The van der Waals surface area contributed by atoms with Crippen LogP contribution in [0.5, 0.6) is 0 Å². The maximum Gasteiger partial charge on any atom is 0.227 e. The lowest BCUT2D eigenvalue weighted by Crippen LogP contribution is -2.48. The van der Waals surface area contributed by atoms with Crippen LogP contribution in [-0.2, 0) is 6.54 Å². The molecule has 0 unspecified atom stereocenters. The fourth-order valence-corrected chi connectivity index (χ4v) is 4.98. The summed E-state index contributed by atoms with van der Waals surface area (Å²) in [5.74, 6) is 2.35. The van der Waals surface area contributed by atoms with E-state index in [1.165, 1.54) is 0 Å². The van der Waals surface area contributed by atoms with Crippen molar-refractivity contribution in [2.75, 3.05) is 63.6 Å². The number of aryl methyl sites for hydroxylation is 2. The van der Waals surface area contributed by atoms with Crippen LogP contribution in [0.25, 0.3) is 22.0 Å². The van der Waals surface area contributed by atoms with Gasteiger partial charge < -0.3 is 19.6 Å². The minimum atomic E-state index is 0.569. The number of likely N-dealkylation sites (N-methyl/N-ethyl adjacent to an activating group) is 1. The number of aromatic nitrogens is 3. The predicted octanol–water partition coefficient (Wildman–Crippen LogP) is 4.85. The van der Waals surface area contributed by atoms with Crippen LogP contribution in [0.2, 0.25) is 5.02 Å². The second kappa shape index (κ2) is 11.0. The molecule has 194 valence electrons. The van der Waals surface area contributed by atoms with Crippen LogP contribution in [0, 0.1) is 13.8 Å². The molecular formula is C28H34ClN7O. The van der Waals surface area contributed by atoms with Crippen molar-refractivity contribution in [3.05, 3.63) is 64.5 Å². The lowest BCUT2D eigenvalue weighted by Gasteiger charge is -2.35. The second-order valence-electron chi connectivity index (χ2n) is 9.88. The molecule has 0 spiro atoms. The van der Waals surface area contributed by atoms with Gasteiger partial charge in [-0.05, 0) is 57.3 Å². The molecule has 0 bridgehead atoms. The Balaban J connectivity index is 1.47. The third kappa shape index (κ3) is 5.71. The summed E-state index contributed by atoms with van der Waals surface area (Å²) >= 11 is 6.44. The van der Waals surface area contributed by atoms with Crippen LogP contribution in [0.3, 0.4) is 0 Å². The minimum Gasteiger partial charge on any atom is -0.365 e. The van der Waals surface area contributed by atoms with Crippen LogP contribution in [0.1, 0.15) is 17.0 Å². The highest BCUT2D eigenvalue weighted by Crippen LogP contribution is 2.33. The van der Waals surface area contributed by atoms with Crippen molar-refractivity contribution >= 4 is 34.3 Å². The van der Waals surface area contributed by atoms with E-state index < -0.39 is 0 Å². The number of nitrogens with one attached hydrogen (secondary N) is 1. The number of benzene rings is 2. The lowest BCUT2D eigenvalue weighted by molar-refractivity contribution is 0.229. The van der Waals surface area contributed by atoms with Gasteiger partial charge in [0.1, 0.15) is 11.6 Å². The highest BCUT2D eigenvalue weighted by atomic mass is 35.5. The van der Waals surface area contributed by atoms with E-state index >= 15 is 0 Å². The van der Waals surface area contributed by atoms with Crippen LogP contribution in [0.4, 0.5) is 11.8 Å². The molecule has 0 amide bonds. The summed E-state index contributed by atoms with van der Waals surface area (Å²) in [6.07, 6.45) is 0. The van der Waals surface area contributed by atoms with E-state index in [0.717, 1.165) is 95.1 Å². The van der Waals surface area contributed by atoms with Crippen molar-refractivity contribution in [3.63, 3.8) is 0 Å². The minimum absolute atomic E-state index is 0.569. The van der Waals surface area contributed by atoms with Gasteiger partial charge in [-0.25, -0.2) is 4.98 Å². The Hall–Kier alpha value is -3.20. The second-order valence-corrected chi connectivity index (χ2v) is 10.3. The first-order valence-electron chi connectivity index (χ1n) is 12.7. The third-order valence-corrected chi connectivity index (χ3v) is 7.30. The Morgan fingerprint density at radius 3 is 2.51 bits per heavy atom. The molecule has 4 aromatic rings. The number of halogens is 1. The van der Waals surface area contributed by atoms with Crippen molar-refractivity contribution in [1.29, 1.82) is 0 Å². The molecule has 2 aromatic heterocycles. The first-order chi connectivity index (χ1) is 17.9. The Labute approximate surface area is 223 Å². The highest BCUT2D eigenvalue weighted by Gasteiger charge is 2.21. The van der Waals surface area contributed by atoms with Crippen molar-refractivity contribution in [2.24, 2.45) is 0 Å². The monoisotopic (exact) mass is 519 g/mol. The molecule has 37 heavy (non-hydrogen) atoms. The first kappa shape index (κ1) is 25.4. The highest BCUT2D eigenvalue weighted by molar-refractivity contribution is 6.31. The zero-order valence-corrected chi connectivity index (χ0v) is 22.7. The third-order valence-electron chi connectivity index (χ3n) is 6.93. The van der Waals surface area contributed by atoms with Crippen LogP contribution in [-0.4, -0.2) is 78.3 Å². The Kier molecular flexibility index (Phi) is 7.60. The van der Waals surface area contributed by atoms with Gasteiger partial charge in [-0.1, -0.05) is 41.0 Å². The largest absolute Gasteiger partial charge is 0.365 e. The molecular weight excluding hydrogens is 486 g/mol. The van der Waals surface area contributed by atoms with Crippen molar-refractivity contribution in [2.45, 2.75) is 20.4 Å². The molecule has 0 aliphatic carbocycles. The lowest BCUT2D eigenvalue weighted by atomic mass is 10.0. The van der Waals surface area contributed by atoms with Crippen molar-refractivity contribution in [3.8, 4) is 11.1 Å². The summed E-state index contributed by atoms with van der Waals surface area (Å²) in [6.45, 7) is 10.4. The summed E-state index contributed by atoms with van der Waals surface area (Å²) in [6, 6.07) is 14.2. The van der Waals surface area contributed by atoms with Gasteiger partial charge in [-0.15, -0.1) is 0 Å². The zero-order valence-electron chi connectivity index (χ0n) is 22.0. The summed E-state index contributed by atoms with van der Waals surface area (Å²) < 4.78 is 5.42. The maximum absolute atomic E-state index is 6.44. The molecule has 1 aliphatic heterocycles. The normalized spacial score (nSPS) is 14.6. The first-order valence-corrected chi connectivity index (χ1v) is 13.1. The number of nitrogens with zero attached hydrogens (tertiary/aromatic N) is 6. The number of piperazine rings is 1.